The van der Waals surface area contributed by atoms with Gasteiger partial charge in [0.2, 0.25) is 0 Å². The highest BCUT2D eigenvalue weighted by Crippen LogP contribution is 2.36. The van der Waals surface area contributed by atoms with Crippen LogP contribution in [0.5, 0.6) is 0 Å². The molecule has 2 N–H and O–H groups in total. The lowest BCUT2D eigenvalue weighted by molar-refractivity contribution is -0.549. The molecule has 2 rings (SSSR count). The number of rotatable bonds is 3. The van der Waals surface area contributed by atoms with Gasteiger partial charge in [0.25, 0.3) is 5.54 Å². The van der Waals surface area contributed by atoms with Crippen LogP contribution in [0.1, 0.15) is 6.92 Å². The first kappa shape index (κ1) is 13.9. The normalized spacial score (nSPS) is 26.0. The molecule has 0 aromatic heterocycles. The quantitative estimate of drug-likeness (QED) is 0.687. The van der Waals surface area contributed by atoms with Crippen LogP contribution in [0.15, 0.2) is 46.3 Å². The molecule has 0 spiro atoms. The SMILES string of the molecule is CC1([N+](=O)[O-])C=CC(N)=NC1Sc1ccc(Cl)cc1. The minimum atomic E-state index is -1.27. The van der Waals surface area contributed by atoms with Gasteiger partial charge in [0.1, 0.15) is 5.84 Å². The molecule has 2 atom stereocenters. The average Bonchev–Trinajstić information content (AvgIpc) is 2.36. The number of hydrogen-bond acceptors (Lipinski definition) is 5. The van der Waals surface area contributed by atoms with E-state index in [1.54, 1.807) is 24.3 Å². The van der Waals surface area contributed by atoms with Gasteiger partial charge in [-0.3, -0.25) is 10.1 Å². The third kappa shape index (κ3) is 2.90. The largest absolute Gasteiger partial charge is 0.384 e. The molecular formula is C12H12ClN3O2S. The van der Waals surface area contributed by atoms with E-state index < -0.39 is 10.9 Å². The maximum atomic E-state index is 11.2. The Kier molecular flexibility index (Phi) is 3.82. The predicted molar refractivity (Wildman–Crippen MR) is 77.3 cm³/mol. The summed E-state index contributed by atoms with van der Waals surface area (Å²) in [5.74, 6) is 0.297. The molecule has 1 aliphatic heterocycles. The first-order chi connectivity index (χ1) is 8.91. The summed E-state index contributed by atoms with van der Waals surface area (Å²) >= 11 is 7.10. The molecule has 1 aliphatic rings. The molecule has 0 fully saturated rings. The lowest BCUT2D eigenvalue weighted by atomic mass is 10.0. The van der Waals surface area contributed by atoms with Gasteiger partial charge in [-0.05, 0) is 36.4 Å². The van der Waals surface area contributed by atoms with Crippen molar-refractivity contribution in [2.45, 2.75) is 22.7 Å². The molecule has 0 aliphatic carbocycles. The number of halogens is 1. The van der Waals surface area contributed by atoms with E-state index in [1.807, 2.05) is 0 Å². The second-order valence-corrected chi connectivity index (χ2v) is 5.88. The molecule has 1 aromatic carbocycles. The van der Waals surface area contributed by atoms with Crippen molar-refractivity contribution in [3.8, 4) is 0 Å². The van der Waals surface area contributed by atoms with Crippen LogP contribution in [-0.4, -0.2) is 21.7 Å². The third-order valence-electron chi connectivity index (χ3n) is 2.81. The summed E-state index contributed by atoms with van der Waals surface area (Å²) in [7, 11) is 0. The lowest BCUT2D eigenvalue weighted by Gasteiger charge is -2.26. The Morgan fingerprint density at radius 3 is 2.68 bits per heavy atom. The Morgan fingerprint density at radius 2 is 2.11 bits per heavy atom. The van der Waals surface area contributed by atoms with Crippen molar-refractivity contribution in [2.75, 3.05) is 0 Å². The van der Waals surface area contributed by atoms with Crippen molar-refractivity contribution in [2.24, 2.45) is 10.7 Å². The number of thioether (sulfide) groups is 1. The number of amidine groups is 1. The summed E-state index contributed by atoms with van der Waals surface area (Å²) in [5.41, 5.74) is 4.36. The third-order valence-corrected chi connectivity index (χ3v) is 4.41. The van der Waals surface area contributed by atoms with Gasteiger partial charge in [-0.1, -0.05) is 23.4 Å². The van der Waals surface area contributed by atoms with E-state index in [2.05, 4.69) is 4.99 Å². The van der Waals surface area contributed by atoms with Crippen LogP contribution in [0.4, 0.5) is 0 Å². The van der Waals surface area contributed by atoms with Crippen molar-refractivity contribution in [1.82, 2.24) is 0 Å². The first-order valence-corrected chi connectivity index (χ1v) is 6.77. The molecule has 0 amide bonds. The number of aliphatic imine (C=N–C) groups is 1. The van der Waals surface area contributed by atoms with Gasteiger partial charge in [0.05, 0.1) is 0 Å². The van der Waals surface area contributed by atoms with Gasteiger partial charge in [-0.15, -0.1) is 0 Å². The Balaban J connectivity index is 2.28. The fourth-order valence-corrected chi connectivity index (χ4v) is 2.84. The molecule has 0 radical (unpaired) electrons. The van der Waals surface area contributed by atoms with E-state index in [1.165, 1.54) is 30.8 Å². The fraction of sp³-hybridized carbons (Fsp3) is 0.250. The summed E-state index contributed by atoms with van der Waals surface area (Å²) in [6.07, 6.45) is 2.96. The molecule has 7 heteroatoms. The molecule has 0 saturated carbocycles. The van der Waals surface area contributed by atoms with Crippen LogP contribution in [0, 0.1) is 10.1 Å². The maximum absolute atomic E-state index is 11.2. The van der Waals surface area contributed by atoms with Gasteiger partial charge in [-0.25, -0.2) is 4.99 Å². The second-order valence-electron chi connectivity index (χ2n) is 4.29. The zero-order valence-electron chi connectivity index (χ0n) is 10.1. The van der Waals surface area contributed by atoms with E-state index in [0.29, 0.717) is 10.9 Å². The molecule has 19 heavy (non-hydrogen) atoms. The van der Waals surface area contributed by atoms with Gasteiger partial charge < -0.3 is 5.73 Å². The minimum absolute atomic E-state index is 0.297. The Bertz CT molecular complexity index is 559. The fourth-order valence-electron chi connectivity index (χ4n) is 1.58. The predicted octanol–water partition coefficient (Wildman–Crippen LogP) is 2.72. The molecule has 100 valence electrons. The number of hydrogen-bond donors (Lipinski definition) is 1. The zero-order chi connectivity index (χ0) is 14.0. The van der Waals surface area contributed by atoms with E-state index in [0.717, 1.165) is 4.90 Å². The van der Waals surface area contributed by atoms with E-state index >= 15 is 0 Å². The maximum Gasteiger partial charge on any atom is 0.269 e. The van der Waals surface area contributed by atoms with Crippen molar-refractivity contribution in [3.05, 3.63) is 51.6 Å². The molecule has 0 saturated heterocycles. The summed E-state index contributed by atoms with van der Waals surface area (Å²) in [6, 6.07) is 7.08. The van der Waals surface area contributed by atoms with Gasteiger partial charge in [0.15, 0.2) is 5.37 Å². The standard InChI is InChI=1S/C12H12ClN3O2S/c1-12(16(17)18)7-6-10(14)15-11(12)19-9-4-2-8(13)3-5-9/h2-7,11H,1H3,(H2,14,15). The Hall–Kier alpha value is -1.53. The molecular weight excluding hydrogens is 286 g/mol. The lowest BCUT2D eigenvalue weighted by Crippen LogP contribution is -2.45. The van der Waals surface area contributed by atoms with Crippen LogP contribution >= 0.6 is 23.4 Å². The highest BCUT2D eigenvalue weighted by molar-refractivity contribution is 8.00. The number of nitro groups is 1. The highest BCUT2D eigenvalue weighted by Gasteiger charge is 2.46. The molecule has 2 unspecified atom stereocenters. The first-order valence-electron chi connectivity index (χ1n) is 5.51. The molecule has 5 nitrogen and oxygen atoms in total. The van der Waals surface area contributed by atoms with Crippen molar-refractivity contribution >= 4 is 29.2 Å². The zero-order valence-corrected chi connectivity index (χ0v) is 11.7. The van der Waals surface area contributed by atoms with Crippen molar-refractivity contribution in [3.63, 3.8) is 0 Å². The highest BCUT2D eigenvalue weighted by atomic mass is 35.5. The van der Waals surface area contributed by atoms with E-state index in [4.69, 9.17) is 17.3 Å². The summed E-state index contributed by atoms with van der Waals surface area (Å²) in [4.78, 5) is 15.9. The number of nitrogens with two attached hydrogens (primary N) is 1. The summed E-state index contributed by atoms with van der Waals surface area (Å²) in [6.45, 7) is 1.53. The van der Waals surface area contributed by atoms with Gasteiger partial charge in [-0.2, -0.15) is 0 Å². The van der Waals surface area contributed by atoms with Crippen LogP contribution in [0.3, 0.4) is 0 Å². The summed E-state index contributed by atoms with van der Waals surface area (Å²) in [5, 5.41) is 11.3. The summed E-state index contributed by atoms with van der Waals surface area (Å²) < 4.78 is 0. The minimum Gasteiger partial charge on any atom is -0.384 e. The molecule has 0 bridgehead atoms. The number of benzene rings is 1. The second kappa shape index (κ2) is 5.22. The van der Waals surface area contributed by atoms with Crippen molar-refractivity contribution < 1.29 is 4.92 Å². The van der Waals surface area contributed by atoms with Gasteiger partial charge >= 0.3 is 0 Å². The Labute approximate surface area is 119 Å². The molecule has 1 heterocycles. The topological polar surface area (TPSA) is 81.5 Å². The van der Waals surface area contributed by atoms with Crippen molar-refractivity contribution in [1.29, 1.82) is 0 Å². The van der Waals surface area contributed by atoms with Crippen LogP contribution < -0.4 is 5.73 Å². The van der Waals surface area contributed by atoms with Crippen LogP contribution in [0.2, 0.25) is 5.02 Å². The smallest absolute Gasteiger partial charge is 0.269 e. The molecule has 1 aromatic rings. The van der Waals surface area contributed by atoms with Gasteiger partial charge in [0, 0.05) is 21.8 Å². The van der Waals surface area contributed by atoms with Crippen LogP contribution in [-0.2, 0) is 0 Å². The Morgan fingerprint density at radius 1 is 1.47 bits per heavy atom. The number of nitrogens with zero attached hydrogens (tertiary/aromatic N) is 2. The number of dihydropyridines is 1. The monoisotopic (exact) mass is 297 g/mol. The van der Waals surface area contributed by atoms with E-state index in [-0.39, 0.29) is 4.92 Å². The van der Waals surface area contributed by atoms with Crippen LogP contribution in [0.25, 0.3) is 0 Å². The average molecular weight is 298 g/mol. The van der Waals surface area contributed by atoms with E-state index in [9.17, 15) is 10.1 Å².